The van der Waals surface area contributed by atoms with Crippen molar-refractivity contribution in [1.29, 1.82) is 5.26 Å². The van der Waals surface area contributed by atoms with Gasteiger partial charge in [-0.15, -0.1) is 0 Å². The van der Waals surface area contributed by atoms with Crippen LogP contribution in [0.15, 0.2) is 36.4 Å². The van der Waals surface area contributed by atoms with Gasteiger partial charge in [-0.2, -0.15) is 5.26 Å². The van der Waals surface area contributed by atoms with Crippen LogP contribution >= 0.6 is 0 Å². The van der Waals surface area contributed by atoms with Gasteiger partial charge in [-0.25, -0.2) is 0 Å². The van der Waals surface area contributed by atoms with E-state index in [9.17, 15) is 5.26 Å². The summed E-state index contributed by atoms with van der Waals surface area (Å²) in [5.74, 6) is 1.49. The molecule has 0 saturated heterocycles. The third-order valence-corrected chi connectivity index (χ3v) is 4.22. The molecule has 2 nitrogen and oxygen atoms in total. The Kier molecular flexibility index (Phi) is 2.40. The number of benzene rings is 1. The third-order valence-electron chi connectivity index (χ3n) is 4.22. The van der Waals surface area contributed by atoms with Crippen molar-refractivity contribution in [3.8, 4) is 6.07 Å². The second kappa shape index (κ2) is 3.92. The minimum atomic E-state index is 0.141. The smallest absolute Gasteiger partial charge is 0.0668 e. The zero-order chi connectivity index (χ0) is 11.8. The second-order valence-electron chi connectivity index (χ2n) is 5.14. The molecule has 1 saturated carbocycles. The van der Waals surface area contributed by atoms with Gasteiger partial charge in [0.15, 0.2) is 0 Å². The monoisotopic (exact) mass is 224 g/mol. The van der Waals surface area contributed by atoms with Gasteiger partial charge in [0, 0.05) is 11.6 Å². The van der Waals surface area contributed by atoms with Crippen molar-refractivity contribution < 1.29 is 0 Å². The summed E-state index contributed by atoms with van der Waals surface area (Å²) < 4.78 is 0. The highest BCUT2D eigenvalue weighted by atomic mass is 14.5. The minimum Gasteiger partial charge on any atom is -0.399 e. The van der Waals surface area contributed by atoms with Gasteiger partial charge in [0.2, 0.25) is 0 Å². The first-order valence-electron chi connectivity index (χ1n) is 6.23. The van der Waals surface area contributed by atoms with Crippen LogP contribution in [0.4, 0.5) is 5.69 Å². The lowest BCUT2D eigenvalue weighted by Crippen LogP contribution is -2.34. The summed E-state index contributed by atoms with van der Waals surface area (Å²) in [6.07, 6.45) is 6.94. The van der Waals surface area contributed by atoms with Gasteiger partial charge in [-0.1, -0.05) is 24.3 Å². The van der Waals surface area contributed by atoms with Crippen molar-refractivity contribution in [3.63, 3.8) is 0 Å². The number of fused-ring (bicyclic) bond motifs is 2. The summed E-state index contributed by atoms with van der Waals surface area (Å²) >= 11 is 0. The van der Waals surface area contributed by atoms with E-state index in [1.165, 1.54) is 18.4 Å². The van der Waals surface area contributed by atoms with Gasteiger partial charge in [-0.05, 0) is 42.4 Å². The maximum Gasteiger partial charge on any atom is 0.0668 e. The number of anilines is 1. The zero-order valence-electron chi connectivity index (χ0n) is 9.71. The molecule has 0 unspecified atom stereocenters. The van der Waals surface area contributed by atoms with Gasteiger partial charge in [0.05, 0.1) is 12.0 Å². The maximum atomic E-state index is 9.39. The summed E-state index contributed by atoms with van der Waals surface area (Å²) in [7, 11) is 0. The van der Waals surface area contributed by atoms with Gasteiger partial charge < -0.3 is 5.73 Å². The average molecular weight is 224 g/mol. The number of nitrogen functional groups attached to an aromatic ring is 1. The standard InChI is InChI=1S/C15H16N2/c16-9-14-10-1-3-11(4-2-10)15(14)12-5-7-13(17)8-6-12/h1,3,5-8,10-11,14-15H,2,4,17H2/t10-,11+,14-,15-/m1/s1. The molecule has 17 heavy (non-hydrogen) atoms. The van der Waals surface area contributed by atoms with E-state index in [0.717, 1.165) is 5.69 Å². The maximum absolute atomic E-state index is 9.39. The van der Waals surface area contributed by atoms with Crippen LogP contribution in [0.25, 0.3) is 0 Å². The first-order chi connectivity index (χ1) is 8.29. The molecule has 2 heteroatoms. The van der Waals surface area contributed by atoms with E-state index >= 15 is 0 Å². The molecule has 0 amide bonds. The quantitative estimate of drug-likeness (QED) is 0.588. The molecule has 0 aliphatic heterocycles. The average Bonchev–Trinajstić information content (AvgIpc) is 2.40. The Morgan fingerprint density at radius 2 is 1.71 bits per heavy atom. The topological polar surface area (TPSA) is 49.8 Å². The van der Waals surface area contributed by atoms with Crippen molar-refractivity contribution >= 4 is 5.69 Å². The molecule has 2 N–H and O–H groups in total. The van der Waals surface area contributed by atoms with Crippen LogP contribution in [-0.2, 0) is 0 Å². The summed E-state index contributed by atoms with van der Waals surface area (Å²) in [6.45, 7) is 0. The van der Waals surface area contributed by atoms with Gasteiger partial charge >= 0.3 is 0 Å². The van der Waals surface area contributed by atoms with Crippen LogP contribution < -0.4 is 5.73 Å². The number of hydrogen-bond donors (Lipinski definition) is 1. The SMILES string of the molecule is N#C[C@H]1[C@@H](c2ccc(N)cc2)[C@H]2C=C[C@@H]1CC2. The van der Waals surface area contributed by atoms with E-state index in [1.807, 2.05) is 12.1 Å². The summed E-state index contributed by atoms with van der Waals surface area (Å²) in [4.78, 5) is 0. The Hall–Kier alpha value is -1.75. The molecule has 3 aliphatic carbocycles. The van der Waals surface area contributed by atoms with Crippen LogP contribution in [-0.4, -0.2) is 0 Å². The Bertz CT molecular complexity index is 481. The van der Waals surface area contributed by atoms with E-state index in [1.54, 1.807) is 0 Å². The van der Waals surface area contributed by atoms with Crippen molar-refractivity contribution in [2.24, 2.45) is 17.8 Å². The molecule has 86 valence electrons. The number of nitrogens with zero attached hydrogens (tertiary/aromatic N) is 1. The Labute approximate surface area is 102 Å². The summed E-state index contributed by atoms with van der Waals surface area (Å²) in [6, 6.07) is 10.6. The lowest BCUT2D eigenvalue weighted by atomic mass is 9.61. The Morgan fingerprint density at radius 3 is 2.29 bits per heavy atom. The van der Waals surface area contributed by atoms with E-state index in [4.69, 9.17) is 5.73 Å². The van der Waals surface area contributed by atoms with Crippen molar-refractivity contribution in [2.45, 2.75) is 18.8 Å². The van der Waals surface area contributed by atoms with Crippen molar-refractivity contribution in [2.75, 3.05) is 5.73 Å². The molecule has 3 aliphatic rings. The summed E-state index contributed by atoms with van der Waals surface area (Å²) in [5, 5.41) is 9.39. The predicted molar refractivity (Wildman–Crippen MR) is 68.1 cm³/mol. The number of allylic oxidation sites excluding steroid dienone is 2. The fourth-order valence-corrected chi connectivity index (χ4v) is 3.34. The normalized spacial score (nSPS) is 34.5. The molecule has 1 fully saturated rings. The van der Waals surface area contributed by atoms with Crippen LogP contribution in [0.1, 0.15) is 24.3 Å². The number of nitrogens with two attached hydrogens (primary N) is 1. The van der Waals surface area contributed by atoms with E-state index in [-0.39, 0.29) is 5.92 Å². The molecule has 0 heterocycles. The van der Waals surface area contributed by atoms with Crippen molar-refractivity contribution in [1.82, 2.24) is 0 Å². The lowest BCUT2D eigenvalue weighted by molar-refractivity contribution is 0.225. The van der Waals surface area contributed by atoms with Gasteiger partial charge in [-0.3, -0.25) is 0 Å². The molecule has 2 bridgehead atoms. The molecular formula is C15H16N2. The highest BCUT2D eigenvalue weighted by Crippen LogP contribution is 2.49. The van der Waals surface area contributed by atoms with Crippen LogP contribution in [0.3, 0.4) is 0 Å². The van der Waals surface area contributed by atoms with E-state index < -0.39 is 0 Å². The molecule has 1 aromatic rings. The molecule has 1 aromatic carbocycles. The highest BCUT2D eigenvalue weighted by molar-refractivity contribution is 5.42. The molecule has 0 spiro atoms. The third kappa shape index (κ3) is 1.63. The summed E-state index contributed by atoms with van der Waals surface area (Å²) in [5.41, 5.74) is 7.78. The van der Waals surface area contributed by atoms with Crippen molar-refractivity contribution in [3.05, 3.63) is 42.0 Å². The highest BCUT2D eigenvalue weighted by Gasteiger charge is 2.41. The first kappa shape index (κ1) is 10.4. The number of hydrogen-bond acceptors (Lipinski definition) is 2. The molecule has 4 atom stereocenters. The van der Waals surface area contributed by atoms with Crippen LogP contribution in [0.5, 0.6) is 0 Å². The second-order valence-corrected chi connectivity index (χ2v) is 5.14. The van der Waals surface area contributed by atoms with E-state index in [2.05, 4.69) is 30.4 Å². The lowest BCUT2D eigenvalue weighted by Gasteiger charge is -2.42. The zero-order valence-corrected chi connectivity index (χ0v) is 9.71. The predicted octanol–water partition coefficient (Wildman–Crippen LogP) is 3.09. The minimum absolute atomic E-state index is 0.141. The number of nitriles is 1. The first-order valence-corrected chi connectivity index (χ1v) is 6.23. The van der Waals surface area contributed by atoms with E-state index in [0.29, 0.717) is 17.8 Å². The Morgan fingerprint density at radius 1 is 1.06 bits per heavy atom. The molecular weight excluding hydrogens is 208 g/mol. The molecule has 0 radical (unpaired) electrons. The fraction of sp³-hybridized carbons (Fsp3) is 0.400. The van der Waals surface area contributed by atoms with Gasteiger partial charge in [0.1, 0.15) is 0 Å². The Balaban J connectivity index is 1.99. The fourth-order valence-electron chi connectivity index (χ4n) is 3.34. The number of rotatable bonds is 1. The van der Waals surface area contributed by atoms with Crippen LogP contribution in [0.2, 0.25) is 0 Å². The van der Waals surface area contributed by atoms with Gasteiger partial charge in [0.25, 0.3) is 0 Å². The molecule has 0 aromatic heterocycles. The largest absolute Gasteiger partial charge is 0.399 e. The molecule has 4 rings (SSSR count). The van der Waals surface area contributed by atoms with Crippen LogP contribution in [0, 0.1) is 29.1 Å².